The fourth-order valence-corrected chi connectivity index (χ4v) is 6.31. The SMILES string of the molecule is CCCn1c(=NC(=O)c2ccc(S(=O)(=O)N(CC)Cc3ccccc3)cc2)sc2cc(F)ccc21. The molecule has 0 aliphatic carbocycles. The number of hydrogen-bond donors (Lipinski definition) is 0. The quantitative estimate of drug-likeness (QED) is 0.326. The molecule has 0 aliphatic heterocycles. The zero-order valence-electron chi connectivity index (χ0n) is 19.5. The number of sulfonamides is 1. The molecule has 6 nitrogen and oxygen atoms in total. The van der Waals surface area contributed by atoms with Crippen molar-refractivity contribution in [1.29, 1.82) is 0 Å². The van der Waals surface area contributed by atoms with Crippen LogP contribution in [-0.2, 0) is 23.1 Å². The first-order valence-corrected chi connectivity index (χ1v) is 13.6. The van der Waals surface area contributed by atoms with E-state index < -0.39 is 15.9 Å². The first kappa shape index (κ1) is 25.0. The van der Waals surface area contributed by atoms with Gasteiger partial charge in [-0.05, 0) is 54.4 Å². The molecule has 0 unspecified atom stereocenters. The van der Waals surface area contributed by atoms with Gasteiger partial charge in [-0.2, -0.15) is 9.30 Å². The highest BCUT2D eigenvalue weighted by Gasteiger charge is 2.23. The number of aromatic nitrogens is 1. The van der Waals surface area contributed by atoms with Gasteiger partial charge in [-0.25, -0.2) is 12.8 Å². The third kappa shape index (κ3) is 5.42. The van der Waals surface area contributed by atoms with Gasteiger partial charge in [0.05, 0.1) is 15.1 Å². The summed E-state index contributed by atoms with van der Waals surface area (Å²) in [7, 11) is -3.73. The Morgan fingerprint density at radius 3 is 2.40 bits per heavy atom. The Labute approximate surface area is 208 Å². The van der Waals surface area contributed by atoms with Gasteiger partial charge in [-0.1, -0.05) is 55.5 Å². The normalized spacial score (nSPS) is 12.5. The molecule has 9 heteroatoms. The van der Waals surface area contributed by atoms with Crippen molar-refractivity contribution in [3.63, 3.8) is 0 Å². The molecule has 4 aromatic rings. The monoisotopic (exact) mass is 511 g/mol. The molecule has 0 bridgehead atoms. The number of halogens is 1. The van der Waals surface area contributed by atoms with Gasteiger partial charge in [-0.3, -0.25) is 4.79 Å². The zero-order valence-corrected chi connectivity index (χ0v) is 21.2. The number of hydrogen-bond acceptors (Lipinski definition) is 4. The molecule has 35 heavy (non-hydrogen) atoms. The molecular weight excluding hydrogens is 485 g/mol. The third-order valence-electron chi connectivity index (χ3n) is 5.58. The Hall–Kier alpha value is -3.14. The van der Waals surface area contributed by atoms with E-state index in [1.165, 1.54) is 52.0 Å². The Kier molecular flexibility index (Phi) is 7.59. The summed E-state index contributed by atoms with van der Waals surface area (Å²) in [5.41, 5.74) is 2.00. The fraction of sp³-hybridized carbons (Fsp3) is 0.231. The molecule has 0 N–H and O–H groups in total. The molecule has 182 valence electrons. The lowest BCUT2D eigenvalue weighted by molar-refractivity contribution is 0.0997. The van der Waals surface area contributed by atoms with E-state index in [9.17, 15) is 17.6 Å². The van der Waals surface area contributed by atoms with Crippen LogP contribution < -0.4 is 4.80 Å². The van der Waals surface area contributed by atoms with Crippen LogP contribution in [0.3, 0.4) is 0 Å². The minimum atomic E-state index is -3.73. The highest BCUT2D eigenvalue weighted by molar-refractivity contribution is 7.89. The van der Waals surface area contributed by atoms with E-state index in [2.05, 4.69) is 4.99 Å². The number of rotatable bonds is 8. The molecule has 0 spiro atoms. The molecule has 3 aromatic carbocycles. The van der Waals surface area contributed by atoms with E-state index in [0.717, 1.165) is 17.5 Å². The molecule has 0 fully saturated rings. The van der Waals surface area contributed by atoms with Gasteiger partial charge in [-0.15, -0.1) is 0 Å². The number of fused-ring (bicyclic) bond motifs is 1. The van der Waals surface area contributed by atoms with Crippen molar-refractivity contribution in [2.45, 2.75) is 38.3 Å². The number of amides is 1. The lowest BCUT2D eigenvalue weighted by Gasteiger charge is -2.20. The van der Waals surface area contributed by atoms with Crippen LogP contribution in [0.25, 0.3) is 10.2 Å². The van der Waals surface area contributed by atoms with Crippen LogP contribution in [0.2, 0.25) is 0 Å². The summed E-state index contributed by atoms with van der Waals surface area (Å²) < 4.78 is 44.0. The lowest BCUT2D eigenvalue weighted by atomic mass is 10.2. The van der Waals surface area contributed by atoms with E-state index in [4.69, 9.17) is 0 Å². The van der Waals surface area contributed by atoms with Crippen molar-refractivity contribution >= 4 is 37.5 Å². The number of carbonyl (C=O) groups excluding carboxylic acids is 1. The molecular formula is C26H26FN3O3S2. The highest BCUT2D eigenvalue weighted by atomic mass is 32.2. The molecule has 1 heterocycles. The molecule has 1 amide bonds. The van der Waals surface area contributed by atoms with Crippen molar-refractivity contribution < 1.29 is 17.6 Å². The maximum absolute atomic E-state index is 13.7. The van der Waals surface area contributed by atoms with Crippen LogP contribution in [-0.4, -0.2) is 29.7 Å². The van der Waals surface area contributed by atoms with Crippen molar-refractivity contribution in [2.75, 3.05) is 6.54 Å². The first-order chi connectivity index (χ1) is 16.8. The minimum Gasteiger partial charge on any atom is -0.316 e. The second kappa shape index (κ2) is 10.6. The van der Waals surface area contributed by atoms with Crippen molar-refractivity contribution in [3.05, 3.63) is 94.5 Å². The standard InChI is InChI=1S/C26H26FN3O3S2/c1-3-16-30-23-15-12-21(27)17-24(23)34-26(30)28-25(31)20-10-13-22(14-11-20)35(32,33)29(4-2)18-19-8-6-5-7-9-19/h5-15,17H,3-4,16,18H2,1-2H3. The summed E-state index contributed by atoms with van der Waals surface area (Å²) in [4.78, 5) is 17.8. The second-order valence-corrected chi connectivity index (χ2v) is 11.0. The van der Waals surface area contributed by atoms with E-state index in [-0.39, 0.29) is 22.8 Å². The lowest BCUT2D eigenvalue weighted by Crippen LogP contribution is -2.30. The van der Waals surface area contributed by atoms with Crippen LogP contribution in [0.5, 0.6) is 0 Å². The summed E-state index contributed by atoms with van der Waals surface area (Å²) in [5.74, 6) is -0.826. The first-order valence-electron chi connectivity index (χ1n) is 11.4. The van der Waals surface area contributed by atoms with Crippen LogP contribution in [0.15, 0.2) is 82.7 Å². The third-order valence-corrected chi connectivity index (χ3v) is 8.56. The Morgan fingerprint density at radius 1 is 1.03 bits per heavy atom. The van der Waals surface area contributed by atoms with Gasteiger partial charge in [0.25, 0.3) is 5.91 Å². The van der Waals surface area contributed by atoms with Crippen LogP contribution >= 0.6 is 11.3 Å². The number of aryl methyl sites for hydroxylation is 1. The number of benzene rings is 3. The van der Waals surface area contributed by atoms with Gasteiger partial charge < -0.3 is 4.57 Å². The fourth-order valence-electron chi connectivity index (χ4n) is 3.80. The summed E-state index contributed by atoms with van der Waals surface area (Å²) in [6.45, 7) is 5.03. The Balaban J connectivity index is 1.62. The summed E-state index contributed by atoms with van der Waals surface area (Å²) in [6, 6.07) is 19.7. The van der Waals surface area contributed by atoms with Gasteiger partial charge in [0.15, 0.2) is 4.80 Å². The van der Waals surface area contributed by atoms with Crippen molar-refractivity contribution in [1.82, 2.24) is 8.87 Å². The Bertz CT molecular complexity index is 1510. The van der Waals surface area contributed by atoms with E-state index >= 15 is 0 Å². The van der Waals surface area contributed by atoms with Crippen LogP contribution in [0.4, 0.5) is 4.39 Å². The maximum Gasteiger partial charge on any atom is 0.279 e. The summed E-state index contributed by atoms with van der Waals surface area (Å²) >= 11 is 1.25. The highest BCUT2D eigenvalue weighted by Crippen LogP contribution is 2.21. The van der Waals surface area contributed by atoms with E-state index in [1.54, 1.807) is 13.0 Å². The molecule has 0 aliphatic rings. The minimum absolute atomic E-state index is 0.116. The number of thiazole rings is 1. The average molecular weight is 512 g/mol. The smallest absolute Gasteiger partial charge is 0.279 e. The molecule has 0 saturated heterocycles. The molecule has 0 radical (unpaired) electrons. The van der Waals surface area contributed by atoms with E-state index in [0.29, 0.717) is 22.6 Å². The summed E-state index contributed by atoms with van der Waals surface area (Å²) in [6.07, 6.45) is 0.827. The van der Waals surface area contributed by atoms with Gasteiger partial charge in [0, 0.05) is 25.2 Å². The topological polar surface area (TPSA) is 71.7 Å². The Morgan fingerprint density at radius 2 is 1.74 bits per heavy atom. The predicted molar refractivity (Wildman–Crippen MR) is 136 cm³/mol. The largest absolute Gasteiger partial charge is 0.316 e. The molecule has 1 aromatic heterocycles. The van der Waals surface area contributed by atoms with E-state index in [1.807, 2.05) is 41.8 Å². The predicted octanol–water partition coefficient (Wildman–Crippen LogP) is 5.20. The number of carbonyl (C=O) groups is 1. The van der Waals surface area contributed by atoms with Gasteiger partial charge >= 0.3 is 0 Å². The molecule has 0 atom stereocenters. The van der Waals surface area contributed by atoms with Crippen molar-refractivity contribution in [2.24, 2.45) is 4.99 Å². The van der Waals surface area contributed by atoms with Crippen LogP contribution in [0, 0.1) is 5.82 Å². The maximum atomic E-state index is 13.7. The summed E-state index contributed by atoms with van der Waals surface area (Å²) in [5, 5.41) is 0. The zero-order chi connectivity index (χ0) is 25.0. The number of nitrogens with zero attached hydrogens (tertiary/aromatic N) is 3. The average Bonchev–Trinajstić information content (AvgIpc) is 3.19. The van der Waals surface area contributed by atoms with Crippen LogP contribution in [0.1, 0.15) is 36.2 Å². The second-order valence-electron chi connectivity index (χ2n) is 8.01. The molecule has 4 rings (SSSR count). The van der Waals surface area contributed by atoms with Crippen molar-refractivity contribution in [3.8, 4) is 0 Å². The van der Waals surface area contributed by atoms with Gasteiger partial charge in [0.2, 0.25) is 10.0 Å². The van der Waals surface area contributed by atoms with Gasteiger partial charge in [0.1, 0.15) is 5.82 Å². The molecule has 0 saturated carbocycles.